The molecule has 9 rings (SSSR count). The molecule has 0 amide bonds. The van der Waals surface area contributed by atoms with Crippen LogP contribution < -0.4 is 4.90 Å². The van der Waals surface area contributed by atoms with Crippen LogP contribution in [0.2, 0.25) is 0 Å². The van der Waals surface area contributed by atoms with Crippen LogP contribution in [0.3, 0.4) is 0 Å². The van der Waals surface area contributed by atoms with Gasteiger partial charge in [-0.1, -0.05) is 172 Å². The van der Waals surface area contributed by atoms with E-state index in [9.17, 15) is 0 Å². The molecule has 8 aromatic carbocycles. The Bertz CT molecular complexity index is 2410. The molecule has 1 aliphatic carbocycles. The molecule has 8 aromatic rings. The van der Waals surface area contributed by atoms with Crippen molar-refractivity contribution in [3.05, 3.63) is 211 Å². The highest BCUT2D eigenvalue weighted by atomic mass is 15.1. The number of hydrogen-bond acceptors (Lipinski definition) is 1. The zero-order chi connectivity index (χ0) is 35.1. The SMILES string of the molecule is CC1(C)c2ccccc2-c2ccc(-c3cc(-c4ccccc4)ccc3N(c3ccc(-c4ccccc4)cc3)c3ccc(-c4ccccc4)cc3)cc21. The van der Waals surface area contributed by atoms with Crippen LogP contribution >= 0.6 is 0 Å². The summed E-state index contributed by atoms with van der Waals surface area (Å²) in [4.78, 5) is 2.42. The first kappa shape index (κ1) is 31.5. The zero-order valence-corrected chi connectivity index (χ0v) is 29.5. The average molecular weight is 666 g/mol. The van der Waals surface area contributed by atoms with Crippen LogP contribution in [0.4, 0.5) is 17.1 Å². The Balaban J connectivity index is 1.24. The van der Waals surface area contributed by atoms with E-state index in [2.05, 4.69) is 219 Å². The van der Waals surface area contributed by atoms with Crippen molar-refractivity contribution in [1.29, 1.82) is 0 Å². The monoisotopic (exact) mass is 665 g/mol. The second-order valence-corrected chi connectivity index (χ2v) is 14.2. The van der Waals surface area contributed by atoms with Crippen molar-refractivity contribution < 1.29 is 0 Å². The molecule has 0 saturated carbocycles. The number of fused-ring (bicyclic) bond motifs is 3. The van der Waals surface area contributed by atoms with Crippen molar-refractivity contribution in [3.63, 3.8) is 0 Å². The van der Waals surface area contributed by atoms with Crippen LogP contribution in [0.15, 0.2) is 200 Å². The molecule has 0 saturated heterocycles. The first-order valence-electron chi connectivity index (χ1n) is 18.1. The van der Waals surface area contributed by atoms with E-state index in [0.29, 0.717) is 0 Å². The smallest absolute Gasteiger partial charge is 0.0540 e. The maximum absolute atomic E-state index is 2.44. The van der Waals surface area contributed by atoms with Gasteiger partial charge in [-0.25, -0.2) is 0 Å². The topological polar surface area (TPSA) is 3.24 Å². The van der Waals surface area contributed by atoms with Crippen LogP contribution in [-0.4, -0.2) is 0 Å². The third-order valence-electron chi connectivity index (χ3n) is 10.7. The summed E-state index contributed by atoms with van der Waals surface area (Å²) in [5.41, 5.74) is 18.3. The Morgan fingerprint density at radius 2 is 0.731 bits per heavy atom. The van der Waals surface area contributed by atoms with Crippen molar-refractivity contribution in [2.45, 2.75) is 19.3 Å². The molecule has 0 unspecified atom stereocenters. The second kappa shape index (κ2) is 13.0. The summed E-state index contributed by atoms with van der Waals surface area (Å²) >= 11 is 0. The number of rotatable bonds is 7. The van der Waals surface area contributed by atoms with Gasteiger partial charge in [0.05, 0.1) is 5.69 Å². The quantitative estimate of drug-likeness (QED) is 0.164. The van der Waals surface area contributed by atoms with Crippen molar-refractivity contribution in [3.8, 4) is 55.6 Å². The predicted octanol–water partition coefficient (Wildman–Crippen LogP) is 14.1. The number of nitrogens with zero attached hydrogens (tertiary/aromatic N) is 1. The van der Waals surface area contributed by atoms with Crippen LogP contribution in [0.25, 0.3) is 55.6 Å². The van der Waals surface area contributed by atoms with Crippen molar-refractivity contribution in [1.82, 2.24) is 0 Å². The lowest BCUT2D eigenvalue weighted by atomic mass is 9.81. The Labute approximate surface area is 307 Å². The summed E-state index contributed by atoms with van der Waals surface area (Å²) in [6, 6.07) is 72.8. The van der Waals surface area contributed by atoms with Gasteiger partial charge in [0.25, 0.3) is 0 Å². The van der Waals surface area contributed by atoms with E-state index < -0.39 is 0 Å². The molecule has 1 aliphatic rings. The molecule has 52 heavy (non-hydrogen) atoms. The van der Waals surface area contributed by atoms with Crippen LogP contribution in [0.1, 0.15) is 25.0 Å². The summed E-state index contributed by atoms with van der Waals surface area (Å²) < 4.78 is 0. The van der Waals surface area contributed by atoms with Gasteiger partial charge in [0.1, 0.15) is 0 Å². The maximum atomic E-state index is 2.44. The molecule has 0 spiro atoms. The molecule has 0 heterocycles. The van der Waals surface area contributed by atoms with Crippen molar-refractivity contribution >= 4 is 17.1 Å². The van der Waals surface area contributed by atoms with Crippen LogP contribution in [-0.2, 0) is 5.41 Å². The molecule has 248 valence electrons. The third kappa shape index (κ3) is 5.61. The largest absolute Gasteiger partial charge is 0.310 e. The average Bonchev–Trinajstić information content (AvgIpc) is 3.45. The number of anilines is 3. The molecule has 0 aliphatic heterocycles. The van der Waals surface area contributed by atoms with Gasteiger partial charge < -0.3 is 4.90 Å². The molecular weight excluding hydrogens is 627 g/mol. The normalized spacial score (nSPS) is 12.6. The molecule has 0 aromatic heterocycles. The van der Waals surface area contributed by atoms with Gasteiger partial charge in [-0.15, -0.1) is 0 Å². The first-order valence-corrected chi connectivity index (χ1v) is 18.1. The lowest BCUT2D eigenvalue weighted by Crippen LogP contribution is -2.15. The van der Waals surface area contributed by atoms with Gasteiger partial charge in [-0.2, -0.15) is 0 Å². The number of benzene rings is 8. The standard InChI is InChI=1S/C51H39N/c1-51(2)48-21-13-12-20-45(48)46-32-26-42(35-49(46)51)47-34-41(38-18-10-5-11-19-38)27-33-50(47)52(43-28-22-39(23-29-43)36-14-6-3-7-15-36)44-30-24-40(25-31-44)37-16-8-4-9-17-37/h3-35H,1-2H3. The van der Waals surface area contributed by atoms with Gasteiger partial charge in [0.2, 0.25) is 0 Å². The fraction of sp³-hybridized carbons (Fsp3) is 0.0588. The van der Waals surface area contributed by atoms with Crippen LogP contribution in [0, 0.1) is 0 Å². The molecule has 0 N–H and O–H groups in total. The predicted molar refractivity (Wildman–Crippen MR) is 220 cm³/mol. The number of hydrogen-bond donors (Lipinski definition) is 0. The fourth-order valence-corrected chi connectivity index (χ4v) is 7.94. The van der Waals surface area contributed by atoms with E-state index in [1.54, 1.807) is 0 Å². The highest BCUT2D eigenvalue weighted by Gasteiger charge is 2.35. The van der Waals surface area contributed by atoms with Crippen LogP contribution in [0.5, 0.6) is 0 Å². The van der Waals surface area contributed by atoms with Gasteiger partial charge in [-0.3, -0.25) is 0 Å². The molecular formula is C51H39N. The van der Waals surface area contributed by atoms with Gasteiger partial charge in [-0.05, 0) is 104 Å². The molecule has 0 radical (unpaired) electrons. The van der Waals surface area contributed by atoms with E-state index in [-0.39, 0.29) is 5.41 Å². The van der Waals surface area contributed by atoms with Crippen molar-refractivity contribution in [2.75, 3.05) is 4.90 Å². The first-order chi connectivity index (χ1) is 25.5. The lowest BCUT2D eigenvalue weighted by molar-refractivity contribution is 0.660. The van der Waals surface area contributed by atoms with E-state index in [0.717, 1.165) is 17.1 Å². The summed E-state index contributed by atoms with van der Waals surface area (Å²) in [5, 5.41) is 0. The molecule has 0 fully saturated rings. The maximum Gasteiger partial charge on any atom is 0.0540 e. The van der Waals surface area contributed by atoms with Gasteiger partial charge in [0, 0.05) is 22.4 Å². The summed E-state index contributed by atoms with van der Waals surface area (Å²) in [6.07, 6.45) is 0. The second-order valence-electron chi connectivity index (χ2n) is 14.2. The summed E-state index contributed by atoms with van der Waals surface area (Å²) in [5.74, 6) is 0. The minimum absolute atomic E-state index is 0.0979. The van der Waals surface area contributed by atoms with E-state index in [1.807, 2.05) is 0 Å². The van der Waals surface area contributed by atoms with Gasteiger partial charge in [0.15, 0.2) is 0 Å². The Kier molecular flexibility index (Phi) is 7.90. The Morgan fingerprint density at radius 3 is 1.29 bits per heavy atom. The summed E-state index contributed by atoms with van der Waals surface area (Å²) in [7, 11) is 0. The molecule has 0 atom stereocenters. The van der Waals surface area contributed by atoms with E-state index in [1.165, 1.54) is 66.8 Å². The van der Waals surface area contributed by atoms with Gasteiger partial charge >= 0.3 is 0 Å². The van der Waals surface area contributed by atoms with E-state index in [4.69, 9.17) is 0 Å². The van der Waals surface area contributed by atoms with Crippen molar-refractivity contribution in [2.24, 2.45) is 0 Å². The zero-order valence-electron chi connectivity index (χ0n) is 29.5. The fourth-order valence-electron chi connectivity index (χ4n) is 7.94. The third-order valence-corrected chi connectivity index (χ3v) is 10.7. The molecule has 1 heteroatoms. The molecule has 0 bridgehead atoms. The Hall–Kier alpha value is -6.44. The minimum Gasteiger partial charge on any atom is -0.310 e. The minimum atomic E-state index is -0.0979. The lowest BCUT2D eigenvalue weighted by Gasteiger charge is -2.29. The molecule has 1 nitrogen and oxygen atoms in total. The highest BCUT2D eigenvalue weighted by molar-refractivity contribution is 5.93. The Morgan fingerprint density at radius 1 is 0.308 bits per heavy atom. The van der Waals surface area contributed by atoms with E-state index >= 15 is 0 Å². The summed E-state index contributed by atoms with van der Waals surface area (Å²) in [6.45, 7) is 4.72. The highest BCUT2D eigenvalue weighted by Crippen LogP contribution is 2.51.